The summed E-state index contributed by atoms with van der Waals surface area (Å²) in [4.78, 5) is 10.4. The quantitative estimate of drug-likeness (QED) is 0.487. The lowest BCUT2D eigenvalue weighted by Crippen LogP contribution is -2.45. The molecule has 0 spiro atoms. The Labute approximate surface area is 199 Å². The largest absolute Gasteiger partial charge is 0.369 e. The lowest BCUT2D eigenvalue weighted by Gasteiger charge is -2.43. The average Bonchev–Trinajstić information content (AvgIpc) is 3.24. The molecule has 2 aliphatic rings. The summed E-state index contributed by atoms with van der Waals surface area (Å²) in [5, 5.41) is 4.57. The number of H-pyrrole nitrogens is 1. The van der Waals surface area contributed by atoms with Crippen molar-refractivity contribution in [3.63, 3.8) is 0 Å². The van der Waals surface area contributed by atoms with Crippen LogP contribution < -0.4 is 10.2 Å². The summed E-state index contributed by atoms with van der Waals surface area (Å²) in [6, 6.07) is 14.1. The van der Waals surface area contributed by atoms with Crippen LogP contribution in [0, 0.1) is 6.92 Å². The first-order valence-corrected chi connectivity index (χ1v) is 13.8. The number of para-hydroxylation sites is 1. The van der Waals surface area contributed by atoms with Crippen LogP contribution in [0.25, 0.3) is 11.0 Å². The first kappa shape index (κ1) is 22.6. The lowest BCUT2D eigenvalue weighted by atomic mass is 9.87. The summed E-state index contributed by atoms with van der Waals surface area (Å²) in [6.45, 7) is 7.57. The van der Waals surface area contributed by atoms with Crippen LogP contribution >= 0.6 is 0 Å². The summed E-state index contributed by atoms with van der Waals surface area (Å²) in [5.41, 5.74) is 6.81. The third-order valence-corrected chi connectivity index (χ3v) is 8.62. The van der Waals surface area contributed by atoms with Crippen LogP contribution in [-0.2, 0) is 16.6 Å². The van der Waals surface area contributed by atoms with Crippen LogP contribution in [0.2, 0.25) is 0 Å². The zero-order valence-corrected chi connectivity index (χ0v) is 20.9. The molecule has 3 unspecified atom stereocenters. The molecular weight excluding hydrogens is 428 g/mol. The number of aromatic amines is 1. The van der Waals surface area contributed by atoms with Gasteiger partial charge < -0.3 is 15.2 Å². The van der Waals surface area contributed by atoms with Crippen LogP contribution in [0.1, 0.15) is 75.1 Å². The van der Waals surface area contributed by atoms with Gasteiger partial charge in [-0.2, -0.15) is 0 Å². The molecule has 0 amide bonds. The zero-order valence-electron chi connectivity index (χ0n) is 20.1. The number of nitrogens with zero attached hydrogens (tertiary/aromatic N) is 2. The Hall–Kier alpha value is -2.18. The summed E-state index contributed by atoms with van der Waals surface area (Å²) >= 11 is 0. The highest BCUT2D eigenvalue weighted by Gasteiger charge is 2.33. The highest BCUT2D eigenvalue weighted by molar-refractivity contribution is 7.84. The predicted molar refractivity (Wildman–Crippen MR) is 137 cm³/mol. The first-order chi connectivity index (χ1) is 16.0. The monoisotopic (exact) mass is 464 g/mol. The van der Waals surface area contributed by atoms with Crippen molar-refractivity contribution in [3.8, 4) is 0 Å². The number of benzene rings is 2. The Balaban J connectivity index is 1.45. The van der Waals surface area contributed by atoms with Crippen LogP contribution in [0.5, 0.6) is 0 Å². The Morgan fingerprint density at radius 2 is 2.00 bits per heavy atom. The molecule has 5 rings (SSSR count). The van der Waals surface area contributed by atoms with Gasteiger partial charge >= 0.3 is 0 Å². The summed E-state index contributed by atoms with van der Waals surface area (Å²) in [6.07, 6.45) is 7.73. The van der Waals surface area contributed by atoms with Gasteiger partial charge in [0.15, 0.2) is 5.16 Å². The number of rotatable bonds is 6. The maximum absolute atomic E-state index is 13.4. The smallest absolute Gasteiger partial charge is 0.197 e. The molecule has 33 heavy (non-hydrogen) atoms. The number of hydrogen-bond acceptors (Lipinski definition) is 4. The van der Waals surface area contributed by atoms with Gasteiger partial charge in [0, 0.05) is 30.4 Å². The molecule has 1 fully saturated rings. The van der Waals surface area contributed by atoms with E-state index in [4.69, 9.17) is 0 Å². The number of anilines is 1. The van der Waals surface area contributed by atoms with Gasteiger partial charge in [0.05, 0.1) is 27.6 Å². The summed E-state index contributed by atoms with van der Waals surface area (Å²) in [7, 11) is -1.23. The molecule has 176 valence electrons. The molecule has 2 aromatic carbocycles. The Morgan fingerprint density at radius 1 is 1.18 bits per heavy atom. The number of nitrogens with one attached hydrogen (secondary N) is 2. The Bertz CT molecular complexity index is 1150. The molecule has 1 aliphatic carbocycles. The van der Waals surface area contributed by atoms with Crippen LogP contribution in [0.3, 0.4) is 0 Å². The van der Waals surface area contributed by atoms with E-state index in [1.807, 2.05) is 12.1 Å². The number of aromatic nitrogens is 2. The molecule has 3 atom stereocenters. The number of fused-ring (bicyclic) bond motifs is 2. The average molecular weight is 465 g/mol. The number of aryl methyl sites for hydroxylation is 1. The van der Waals surface area contributed by atoms with E-state index in [2.05, 4.69) is 65.2 Å². The van der Waals surface area contributed by atoms with E-state index in [0.29, 0.717) is 29.0 Å². The van der Waals surface area contributed by atoms with Gasteiger partial charge in [-0.15, -0.1) is 0 Å². The van der Waals surface area contributed by atoms with Crippen LogP contribution in [0.4, 0.5) is 5.69 Å². The second-order valence-corrected chi connectivity index (χ2v) is 11.2. The molecule has 0 radical (unpaired) electrons. The van der Waals surface area contributed by atoms with E-state index in [1.165, 1.54) is 48.9 Å². The van der Waals surface area contributed by atoms with Gasteiger partial charge in [0.1, 0.15) is 0 Å². The highest BCUT2D eigenvalue weighted by Crippen LogP contribution is 2.41. The topological polar surface area (TPSA) is 61.0 Å². The highest BCUT2D eigenvalue weighted by atomic mass is 32.2. The third-order valence-electron chi connectivity index (χ3n) is 7.42. The van der Waals surface area contributed by atoms with Crippen molar-refractivity contribution in [1.29, 1.82) is 0 Å². The first-order valence-electron chi connectivity index (χ1n) is 12.5. The van der Waals surface area contributed by atoms with E-state index >= 15 is 0 Å². The minimum atomic E-state index is -1.23. The Kier molecular flexibility index (Phi) is 6.57. The lowest BCUT2D eigenvalue weighted by molar-refractivity contribution is 0.314. The van der Waals surface area contributed by atoms with Crippen molar-refractivity contribution in [2.75, 3.05) is 11.4 Å². The molecular formula is C27H36N4OS. The summed E-state index contributed by atoms with van der Waals surface area (Å²) in [5.74, 6) is 0.474. The molecule has 1 aliphatic heterocycles. The normalized spacial score (nSPS) is 22.5. The molecule has 3 aromatic rings. The molecule has 5 nitrogen and oxygen atoms in total. The van der Waals surface area contributed by atoms with Gasteiger partial charge in [0.25, 0.3) is 0 Å². The van der Waals surface area contributed by atoms with Crippen molar-refractivity contribution in [2.24, 2.45) is 0 Å². The Morgan fingerprint density at radius 3 is 2.79 bits per heavy atom. The summed E-state index contributed by atoms with van der Waals surface area (Å²) < 4.78 is 13.4. The van der Waals surface area contributed by atoms with Crippen molar-refractivity contribution in [1.82, 2.24) is 15.3 Å². The predicted octanol–water partition coefficient (Wildman–Crippen LogP) is 5.76. The molecule has 1 aromatic heterocycles. The van der Waals surface area contributed by atoms with Crippen molar-refractivity contribution in [2.45, 2.75) is 88.3 Å². The minimum Gasteiger partial charge on any atom is -0.369 e. The van der Waals surface area contributed by atoms with Crippen LogP contribution in [-0.4, -0.2) is 32.8 Å². The fraction of sp³-hybridized carbons (Fsp3) is 0.519. The molecule has 6 heteroatoms. The van der Waals surface area contributed by atoms with E-state index in [0.717, 1.165) is 29.6 Å². The van der Waals surface area contributed by atoms with E-state index in [-0.39, 0.29) is 0 Å². The molecule has 0 saturated heterocycles. The van der Waals surface area contributed by atoms with Gasteiger partial charge in [0.2, 0.25) is 0 Å². The number of imidazole rings is 1. The van der Waals surface area contributed by atoms with Crippen molar-refractivity contribution < 1.29 is 4.21 Å². The van der Waals surface area contributed by atoms with Crippen molar-refractivity contribution in [3.05, 3.63) is 53.1 Å². The van der Waals surface area contributed by atoms with E-state index in [1.54, 1.807) is 0 Å². The van der Waals surface area contributed by atoms with Crippen LogP contribution in [0.15, 0.2) is 41.6 Å². The van der Waals surface area contributed by atoms with E-state index in [9.17, 15) is 4.21 Å². The van der Waals surface area contributed by atoms with Gasteiger partial charge in [-0.05, 0) is 68.9 Å². The van der Waals surface area contributed by atoms with Gasteiger partial charge in [-0.1, -0.05) is 43.5 Å². The second kappa shape index (κ2) is 9.59. The number of hydrogen-bond donors (Lipinski definition) is 2. The van der Waals surface area contributed by atoms with Crippen molar-refractivity contribution >= 4 is 27.5 Å². The zero-order chi connectivity index (χ0) is 22.9. The maximum Gasteiger partial charge on any atom is 0.197 e. The standard InChI is InChI=1S/C27H36N4OS/c1-4-31-19(3)16-24(28-21-10-6-5-7-11-21)22-12-8-9-20(26(22)31)17-33(32)27-29-23-14-13-18(2)15-25(23)30-27/h8-9,12-15,19,21,24,28H,4-7,10-11,16-17H2,1-3H3,(H,29,30). The fourth-order valence-corrected chi connectivity index (χ4v) is 6.85. The SMILES string of the molecule is CCN1c2c(CS(=O)c3nc4ccc(C)cc4[nH]3)cccc2C(NC2CCCCC2)CC1C. The molecule has 1 saturated carbocycles. The molecule has 2 heterocycles. The van der Waals surface area contributed by atoms with Gasteiger partial charge in [-0.3, -0.25) is 4.21 Å². The second-order valence-electron chi connectivity index (χ2n) is 9.83. The molecule has 2 N–H and O–H groups in total. The van der Waals surface area contributed by atoms with Gasteiger partial charge in [-0.25, -0.2) is 4.98 Å². The van der Waals surface area contributed by atoms with E-state index < -0.39 is 10.8 Å². The third kappa shape index (κ3) is 4.60. The fourth-order valence-electron chi connectivity index (χ4n) is 5.77. The molecule has 0 bridgehead atoms. The minimum absolute atomic E-state index is 0.364. The maximum atomic E-state index is 13.4.